The Bertz CT molecular complexity index is 596. The van der Waals surface area contributed by atoms with Crippen molar-refractivity contribution in [1.29, 1.82) is 0 Å². The van der Waals surface area contributed by atoms with Crippen molar-refractivity contribution in [2.75, 3.05) is 12.4 Å². The lowest BCUT2D eigenvalue weighted by molar-refractivity contribution is -0.133. The Balaban J connectivity index is 3.08. The summed E-state index contributed by atoms with van der Waals surface area (Å²) in [7, 11) is 1.51. The number of amides is 1. The molecule has 0 fully saturated rings. The van der Waals surface area contributed by atoms with Crippen molar-refractivity contribution in [3.05, 3.63) is 32.2 Å². The number of carbonyl (C=O) groups excluding carboxylic acids is 1. The molecule has 0 saturated carbocycles. The molecule has 0 radical (unpaired) electrons. The zero-order valence-electron chi connectivity index (χ0n) is 11.1. The number of hydrogen-bond donors (Lipinski definition) is 2. The van der Waals surface area contributed by atoms with Crippen LogP contribution in [0.25, 0.3) is 0 Å². The average molecular weight is 407 g/mol. The fourth-order valence-corrected chi connectivity index (χ4v) is 2.58. The van der Waals surface area contributed by atoms with Gasteiger partial charge in [0.05, 0.1) is 17.3 Å². The van der Waals surface area contributed by atoms with Crippen molar-refractivity contribution in [2.45, 2.75) is 13.8 Å². The second-order valence-corrected chi connectivity index (χ2v) is 5.68. The molecular weight excluding hydrogens is 394 g/mol. The minimum Gasteiger partial charge on any atom is -0.495 e. The zero-order chi connectivity index (χ0) is 15.4. The van der Waals surface area contributed by atoms with Gasteiger partial charge in [-0.2, -0.15) is 0 Å². The number of carbonyl (C=O) groups is 2. The topological polar surface area (TPSA) is 75.6 Å². The molecule has 0 unspecified atom stereocenters. The van der Waals surface area contributed by atoms with Gasteiger partial charge in [0.1, 0.15) is 5.75 Å². The van der Waals surface area contributed by atoms with Gasteiger partial charge in [-0.3, -0.25) is 4.79 Å². The van der Waals surface area contributed by atoms with Crippen LogP contribution in [0.2, 0.25) is 0 Å². The summed E-state index contributed by atoms with van der Waals surface area (Å²) in [5.41, 5.74) is 0.640. The average Bonchev–Trinajstić information content (AvgIpc) is 2.39. The van der Waals surface area contributed by atoms with Gasteiger partial charge in [-0.15, -0.1) is 0 Å². The first-order chi connectivity index (χ1) is 9.27. The minimum atomic E-state index is -1.12. The van der Waals surface area contributed by atoms with E-state index in [0.29, 0.717) is 15.9 Å². The molecule has 20 heavy (non-hydrogen) atoms. The van der Waals surface area contributed by atoms with Crippen LogP contribution in [0.5, 0.6) is 5.75 Å². The van der Waals surface area contributed by atoms with Gasteiger partial charge >= 0.3 is 5.97 Å². The van der Waals surface area contributed by atoms with E-state index in [4.69, 9.17) is 9.84 Å². The molecule has 0 aliphatic rings. The number of rotatable bonds is 4. The van der Waals surface area contributed by atoms with Crippen LogP contribution in [0.15, 0.2) is 32.2 Å². The highest BCUT2D eigenvalue weighted by Crippen LogP contribution is 2.34. The number of nitrogens with one attached hydrogen (secondary N) is 1. The Morgan fingerprint density at radius 2 is 1.75 bits per heavy atom. The SMILES string of the molecule is COc1cc(NC(=O)/C(C)=C(/C)C(=O)O)c(Br)cc1Br. The van der Waals surface area contributed by atoms with Crippen LogP contribution < -0.4 is 10.1 Å². The summed E-state index contributed by atoms with van der Waals surface area (Å²) in [6, 6.07) is 3.37. The molecule has 2 N–H and O–H groups in total. The first kappa shape index (κ1) is 16.7. The number of ether oxygens (including phenoxy) is 1. The third-order valence-electron chi connectivity index (χ3n) is 2.71. The third kappa shape index (κ3) is 3.83. The summed E-state index contributed by atoms with van der Waals surface area (Å²) in [4.78, 5) is 22.8. The number of hydrogen-bond acceptors (Lipinski definition) is 3. The lowest BCUT2D eigenvalue weighted by atomic mass is 10.1. The Labute approximate surface area is 133 Å². The molecule has 7 heteroatoms. The highest BCUT2D eigenvalue weighted by molar-refractivity contribution is 9.11. The van der Waals surface area contributed by atoms with E-state index >= 15 is 0 Å². The van der Waals surface area contributed by atoms with Crippen LogP contribution in [0.1, 0.15) is 13.8 Å². The first-order valence-corrected chi connectivity index (χ1v) is 7.11. The van der Waals surface area contributed by atoms with Gasteiger partial charge in [-0.1, -0.05) is 0 Å². The maximum atomic E-state index is 12.0. The van der Waals surface area contributed by atoms with Gasteiger partial charge in [0.25, 0.3) is 5.91 Å². The van der Waals surface area contributed by atoms with Crippen LogP contribution >= 0.6 is 31.9 Å². The molecule has 5 nitrogen and oxygen atoms in total. The number of aliphatic carboxylic acids is 1. The molecular formula is C13H13Br2NO4. The maximum Gasteiger partial charge on any atom is 0.331 e. The molecule has 0 heterocycles. The van der Waals surface area contributed by atoms with Gasteiger partial charge in [0.2, 0.25) is 0 Å². The number of halogens is 2. The molecule has 0 saturated heterocycles. The molecule has 1 aromatic carbocycles. The fourth-order valence-electron chi connectivity index (χ4n) is 1.33. The quantitative estimate of drug-likeness (QED) is 0.749. The number of methoxy groups -OCH3 is 1. The largest absolute Gasteiger partial charge is 0.495 e. The van der Waals surface area contributed by atoms with Crippen molar-refractivity contribution in [3.8, 4) is 5.75 Å². The van der Waals surface area contributed by atoms with Gasteiger partial charge in [-0.05, 0) is 51.8 Å². The predicted octanol–water partition coefficient (Wildman–Crippen LogP) is 3.58. The lowest BCUT2D eigenvalue weighted by Gasteiger charge is -2.11. The van der Waals surface area contributed by atoms with Crippen LogP contribution in [-0.2, 0) is 9.59 Å². The van der Waals surface area contributed by atoms with Crippen molar-refractivity contribution in [1.82, 2.24) is 0 Å². The van der Waals surface area contributed by atoms with Crippen molar-refractivity contribution in [3.63, 3.8) is 0 Å². The number of benzene rings is 1. The molecule has 0 atom stereocenters. The maximum absolute atomic E-state index is 12.0. The summed E-state index contributed by atoms with van der Waals surface area (Å²) in [5, 5.41) is 11.5. The van der Waals surface area contributed by atoms with Crippen LogP contribution in [0.4, 0.5) is 5.69 Å². The highest BCUT2D eigenvalue weighted by atomic mass is 79.9. The fraction of sp³-hybridized carbons (Fsp3) is 0.231. The predicted molar refractivity (Wildman–Crippen MR) is 83.0 cm³/mol. The van der Waals surface area contributed by atoms with E-state index < -0.39 is 11.9 Å². The Hall–Kier alpha value is -1.34. The van der Waals surface area contributed by atoms with Crippen molar-refractivity contribution < 1.29 is 19.4 Å². The van der Waals surface area contributed by atoms with Gasteiger partial charge in [-0.25, -0.2) is 4.79 Å². The van der Waals surface area contributed by atoms with E-state index in [2.05, 4.69) is 37.2 Å². The molecule has 1 amide bonds. The van der Waals surface area contributed by atoms with E-state index in [1.807, 2.05) is 0 Å². The standard InChI is InChI=1S/C13H13Br2NO4/c1-6(7(2)13(18)19)12(17)16-10-5-11(20-3)9(15)4-8(10)14/h4-5H,1-3H3,(H,16,17)(H,18,19)/b7-6-. The number of anilines is 1. The Morgan fingerprint density at radius 3 is 2.25 bits per heavy atom. The Morgan fingerprint density at radius 1 is 1.15 bits per heavy atom. The van der Waals surface area contributed by atoms with Crippen molar-refractivity contribution >= 4 is 49.4 Å². The van der Waals surface area contributed by atoms with E-state index in [-0.39, 0.29) is 11.1 Å². The summed E-state index contributed by atoms with van der Waals surface area (Å²) in [5.74, 6) is -1.04. The van der Waals surface area contributed by atoms with E-state index in [0.717, 1.165) is 4.47 Å². The molecule has 0 aliphatic heterocycles. The normalized spacial score (nSPS) is 11.7. The molecule has 1 aromatic rings. The summed E-state index contributed by atoms with van der Waals surface area (Å²) in [6.07, 6.45) is 0. The highest BCUT2D eigenvalue weighted by Gasteiger charge is 2.15. The molecule has 1 rings (SSSR count). The molecule has 0 aliphatic carbocycles. The second-order valence-electron chi connectivity index (χ2n) is 3.98. The summed E-state index contributed by atoms with van der Waals surface area (Å²) < 4.78 is 6.53. The van der Waals surface area contributed by atoms with Gasteiger partial charge < -0.3 is 15.2 Å². The molecule has 0 aromatic heterocycles. The van der Waals surface area contributed by atoms with E-state index in [1.165, 1.54) is 21.0 Å². The monoisotopic (exact) mass is 405 g/mol. The molecule has 0 bridgehead atoms. The van der Waals surface area contributed by atoms with E-state index in [9.17, 15) is 9.59 Å². The third-order valence-corrected chi connectivity index (χ3v) is 3.99. The first-order valence-electron chi connectivity index (χ1n) is 5.53. The minimum absolute atomic E-state index is 0.00250. The molecule has 108 valence electrons. The smallest absolute Gasteiger partial charge is 0.331 e. The van der Waals surface area contributed by atoms with Crippen LogP contribution in [-0.4, -0.2) is 24.1 Å². The van der Waals surface area contributed by atoms with Crippen molar-refractivity contribution in [2.24, 2.45) is 0 Å². The zero-order valence-corrected chi connectivity index (χ0v) is 14.3. The number of carboxylic acids is 1. The van der Waals surface area contributed by atoms with E-state index in [1.54, 1.807) is 12.1 Å². The Kier molecular flexibility index (Phi) is 5.76. The second kappa shape index (κ2) is 6.90. The number of carboxylic acid groups (broad SMARTS) is 1. The molecule has 0 spiro atoms. The lowest BCUT2D eigenvalue weighted by Crippen LogP contribution is -2.16. The summed E-state index contributed by atoms with van der Waals surface area (Å²) >= 11 is 6.65. The van der Waals surface area contributed by atoms with Gasteiger partial charge in [0.15, 0.2) is 0 Å². The van der Waals surface area contributed by atoms with Gasteiger partial charge in [0, 0.05) is 21.7 Å². The van der Waals surface area contributed by atoms with Crippen LogP contribution in [0.3, 0.4) is 0 Å². The summed E-state index contributed by atoms with van der Waals surface area (Å²) in [6.45, 7) is 2.84. The van der Waals surface area contributed by atoms with Crippen LogP contribution in [0, 0.1) is 0 Å².